The fourth-order valence-electron chi connectivity index (χ4n) is 1.63. The van der Waals surface area contributed by atoms with Crippen molar-refractivity contribution in [2.45, 2.75) is 25.8 Å². The number of anilines is 1. The van der Waals surface area contributed by atoms with Crippen LogP contribution in [0, 0.1) is 0 Å². The summed E-state index contributed by atoms with van der Waals surface area (Å²) in [6.45, 7) is 5.76. The van der Waals surface area contributed by atoms with Gasteiger partial charge in [-0.2, -0.15) is 0 Å². The molecule has 0 aliphatic rings. The number of aromatic nitrogens is 1. The second-order valence-corrected chi connectivity index (χ2v) is 5.23. The Bertz CT molecular complexity index is 360. The first kappa shape index (κ1) is 14.7. The number of methoxy groups -OCH3 is 1. The highest BCUT2D eigenvalue weighted by Crippen LogP contribution is 2.24. The number of hydrogen-bond donors (Lipinski definition) is 0. The molecule has 0 saturated heterocycles. The molecule has 17 heavy (non-hydrogen) atoms. The monoisotopic (exact) mass is 320 g/mol. The van der Waals surface area contributed by atoms with Gasteiger partial charge in [0.15, 0.2) is 0 Å². The van der Waals surface area contributed by atoms with Crippen molar-refractivity contribution in [1.82, 2.24) is 4.98 Å². The van der Waals surface area contributed by atoms with Gasteiger partial charge in [-0.3, -0.25) is 0 Å². The molecule has 0 aliphatic carbocycles. The van der Waals surface area contributed by atoms with Gasteiger partial charge >= 0.3 is 0 Å². The molecule has 1 aromatic heterocycles. The maximum absolute atomic E-state index is 5.97. The van der Waals surface area contributed by atoms with Crippen molar-refractivity contribution in [2.24, 2.45) is 0 Å². The number of halogens is 2. The Balaban J connectivity index is 3.00. The van der Waals surface area contributed by atoms with Crippen LogP contribution < -0.4 is 4.90 Å². The van der Waals surface area contributed by atoms with E-state index >= 15 is 0 Å². The maximum Gasteiger partial charge on any atom is 0.133 e. The maximum atomic E-state index is 5.97. The van der Waals surface area contributed by atoms with Crippen LogP contribution in [0.4, 0.5) is 5.82 Å². The lowest BCUT2D eigenvalue weighted by Crippen LogP contribution is -2.35. The molecule has 5 heteroatoms. The molecule has 3 nitrogen and oxygen atoms in total. The Morgan fingerprint density at radius 1 is 1.53 bits per heavy atom. The summed E-state index contributed by atoms with van der Waals surface area (Å²) in [5.74, 6) is 1.40. The van der Waals surface area contributed by atoms with Crippen LogP contribution in [0.25, 0.3) is 0 Å². The topological polar surface area (TPSA) is 25.4 Å². The van der Waals surface area contributed by atoms with Gasteiger partial charge < -0.3 is 9.64 Å². The molecule has 0 unspecified atom stereocenters. The highest BCUT2D eigenvalue weighted by Gasteiger charge is 2.15. The predicted octanol–water partition coefficient (Wildman–Crippen LogP) is 3.44. The van der Waals surface area contributed by atoms with Crippen molar-refractivity contribution < 1.29 is 4.74 Å². The van der Waals surface area contributed by atoms with Crippen molar-refractivity contribution >= 4 is 33.3 Å². The fraction of sp³-hybridized carbons (Fsp3) is 0.583. The SMILES string of the molecule is COCCN(c1ncc(Br)cc1CCl)C(C)C. The van der Waals surface area contributed by atoms with E-state index in [1.807, 2.05) is 6.07 Å². The smallest absolute Gasteiger partial charge is 0.133 e. The van der Waals surface area contributed by atoms with E-state index in [-0.39, 0.29) is 0 Å². The Morgan fingerprint density at radius 2 is 2.24 bits per heavy atom. The van der Waals surface area contributed by atoms with E-state index < -0.39 is 0 Å². The van der Waals surface area contributed by atoms with Crippen molar-refractivity contribution in [3.8, 4) is 0 Å². The summed E-state index contributed by atoms with van der Waals surface area (Å²) in [7, 11) is 1.70. The van der Waals surface area contributed by atoms with E-state index in [2.05, 4.69) is 39.7 Å². The lowest BCUT2D eigenvalue weighted by atomic mass is 10.2. The second kappa shape index (κ2) is 7.19. The molecule has 1 heterocycles. The summed E-state index contributed by atoms with van der Waals surface area (Å²) in [4.78, 5) is 6.66. The molecule has 0 atom stereocenters. The number of alkyl halides is 1. The van der Waals surface area contributed by atoms with Crippen LogP contribution in [-0.4, -0.2) is 31.3 Å². The van der Waals surface area contributed by atoms with Gasteiger partial charge in [-0.1, -0.05) is 0 Å². The van der Waals surface area contributed by atoms with E-state index in [1.54, 1.807) is 13.3 Å². The van der Waals surface area contributed by atoms with Crippen LogP contribution in [0.1, 0.15) is 19.4 Å². The van der Waals surface area contributed by atoms with Gasteiger partial charge in [0.05, 0.1) is 12.5 Å². The van der Waals surface area contributed by atoms with E-state index in [4.69, 9.17) is 16.3 Å². The molecule has 0 spiro atoms. The Morgan fingerprint density at radius 3 is 2.76 bits per heavy atom. The number of nitrogens with zero attached hydrogens (tertiary/aromatic N) is 2. The third kappa shape index (κ3) is 4.12. The van der Waals surface area contributed by atoms with Crippen LogP contribution in [-0.2, 0) is 10.6 Å². The van der Waals surface area contributed by atoms with Gasteiger partial charge in [0.25, 0.3) is 0 Å². The lowest BCUT2D eigenvalue weighted by Gasteiger charge is -2.29. The normalized spacial score (nSPS) is 10.9. The molecule has 0 amide bonds. The minimum absolute atomic E-state index is 0.362. The quantitative estimate of drug-likeness (QED) is 0.751. The molecule has 1 aromatic rings. The first-order chi connectivity index (χ1) is 8.10. The Hall–Kier alpha value is -0.320. The van der Waals surface area contributed by atoms with Crippen LogP contribution in [0.15, 0.2) is 16.7 Å². The van der Waals surface area contributed by atoms with Crippen molar-refractivity contribution in [2.75, 3.05) is 25.2 Å². The predicted molar refractivity (Wildman–Crippen MR) is 75.9 cm³/mol. The number of ether oxygens (including phenoxy) is 1. The van der Waals surface area contributed by atoms with Crippen LogP contribution >= 0.6 is 27.5 Å². The summed E-state index contributed by atoms with van der Waals surface area (Å²) in [6, 6.07) is 2.37. The molecule has 0 saturated carbocycles. The molecule has 0 aromatic carbocycles. The van der Waals surface area contributed by atoms with Gasteiger partial charge in [0, 0.05) is 35.9 Å². The first-order valence-corrected chi connectivity index (χ1v) is 6.88. The average molecular weight is 322 g/mol. The third-order valence-corrected chi connectivity index (χ3v) is 3.21. The van der Waals surface area contributed by atoms with Gasteiger partial charge in [-0.15, -0.1) is 11.6 Å². The zero-order valence-corrected chi connectivity index (χ0v) is 12.8. The number of pyridine rings is 1. The van der Waals surface area contributed by atoms with Crippen LogP contribution in [0.2, 0.25) is 0 Å². The van der Waals surface area contributed by atoms with Gasteiger partial charge in [0.2, 0.25) is 0 Å². The molecule has 1 rings (SSSR count). The molecule has 0 radical (unpaired) electrons. The van der Waals surface area contributed by atoms with E-state index in [0.29, 0.717) is 18.5 Å². The number of rotatable bonds is 6. The van der Waals surface area contributed by atoms with Gasteiger partial charge in [-0.05, 0) is 35.8 Å². The highest BCUT2D eigenvalue weighted by atomic mass is 79.9. The molecule has 0 bridgehead atoms. The molecule has 96 valence electrons. The zero-order chi connectivity index (χ0) is 12.8. The van der Waals surface area contributed by atoms with Gasteiger partial charge in [-0.25, -0.2) is 4.98 Å². The van der Waals surface area contributed by atoms with Crippen LogP contribution in [0.5, 0.6) is 0 Å². The fourth-order valence-corrected chi connectivity index (χ4v) is 2.20. The first-order valence-electron chi connectivity index (χ1n) is 5.56. The highest BCUT2D eigenvalue weighted by molar-refractivity contribution is 9.10. The minimum Gasteiger partial charge on any atom is -0.383 e. The van der Waals surface area contributed by atoms with E-state index in [1.165, 1.54) is 0 Å². The standard InChI is InChI=1S/C12H18BrClN2O/c1-9(2)16(4-5-17-3)12-10(7-14)6-11(13)8-15-12/h6,8-9H,4-5,7H2,1-3H3. The van der Waals surface area contributed by atoms with Crippen molar-refractivity contribution in [1.29, 1.82) is 0 Å². The van der Waals surface area contributed by atoms with Crippen LogP contribution in [0.3, 0.4) is 0 Å². The Labute approximate surface area is 116 Å². The van der Waals surface area contributed by atoms with Crippen molar-refractivity contribution in [3.63, 3.8) is 0 Å². The molecule has 0 fully saturated rings. The summed E-state index contributed by atoms with van der Waals surface area (Å²) >= 11 is 9.38. The van der Waals surface area contributed by atoms with E-state index in [9.17, 15) is 0 Å². The summed E-state index contributed by atoms with van der Waals surface area (Å²) in [5, 5.41) is 0. The largest absolute Gasteiger partial charge is 0.383 e. The molecule has 0 aliphatic heterocycles. The summed E-state index contributed by atoms with van der Waals surface area (Å²) < 4.78 is 6.08. The van der Waals surface area contributed by atoms with E-state index in [0.717, 1.165) is 22.4 Å². The third-order valence-electron chi connectivity index (χ3n) is 2.49. The minimum atomic E-state index is 0.362. The summed E-state index contributed by atoms with van der Waals surface area (Å²) in [6.07, 6.45) is 1.80. The average Bonchev–Trinajstić information content (AvgIpc) is 2.30. The Kier molecular flexibility index (Phi) is 6.23. The number of hydrogen-bond acceptors (Lipinski definition) is 3. The van der Waals surface area contributed by atoms with Gasteiger partial charge in [0.1, 0.15) is 5.82 Å². The summed E-state index contributed by atoms with van der Waals surface area (Å²) in [5.41, 5.74) is 1.03. The molecular formula is C12H18BrClN2O. The lowest BCUT2D eigenvalue weighted by molar-refractivity contribution is 0.203. The zero-order valence-electron chi connectivity index (χ0n) is 10.4. The second-order valence-electron chi connectivity index (χ2n) is 4.05. The molecular weight excluding hydrogens is 304 g/mol. The van der Waals surface area contributed by atoms with Crippen molar-refractivity contribution in [3.05, 3.63) is 22.3 Å². The molecule has 0 N–H and O–H groups in total.